The molecule has 78 valence electrons. The van der Waals surface area contributed by atoms with Gasteiger partial charge in [-0.25, -0.2) is 4.98 Å². The van der Waals surface area contributed by atoms with Crippen molar-refractivity contribution < 1.29 is 0 Å². The van der Waals surface area contributed by atoms with E-state index in [1.165, 1.54) is 0 Å². The molecule has 0 aliphatic carbocycles. The highest BCUT2D eigenvalue weighted by molar-refractivity contribution is 7.99. The SMILES string of the molecule is Cc1cnc(C)c(SC(C)CCCl)n1. The molecule has 0 aliphatic rings. The third-order valence-corrected chi connectivity index (χ3v) is 3.33. The van der Waals surface area contributed by atoms with E-state index in [4.69, 9.17) is 11.6 Å². The van der Waals surface area contributed by atoms with Crippen LogP contribution in [0.3, 0.4) is 0 Å². The first-order chi connectivity index (χ1) is 6.63. The Bertz CT molecular complexity index is 304. The van der Waals surface area contributed by atoms with Crippen LogP contribution in [0.4, 0.5) is 0 Å². The summed E-state index contributed by atoms with van der Waals surface area (Å²) in [5.41, 5.74) is 1.97. The summed E-state index contributed by atoms with van der Waals surface area (Å²) < 4.78 is 0. The third kappa shape index (κ3) is 3.46. The summed E-state index contributed by atoms with van der Waals surface area (Å²) in [7, 11) is 0. The van der Waals surface area contributed by atoms with Crippen molar-refractivity contribution >= 4 is 23.4 Å². The summed E-state index contributed by atoms with van der Waals surface area (Å²) in [4.78, 5) is 8.73. The molecule has 0 amide bonds. The van der Waals surface area contributed by atoms with E-state index in [1.54, 1.807) is 18.0 Å². The van der Waals surface area contributed by atoms with Crippen LogP contribution in [0.25, 0.3) is 0 Å². The van der Waals surface area contributed by atoms with Crippen molar-refractivity contribution in [3.8, 4) is 0 Å². The Kier molecular flexibility index (Phi) is 4.69. The number of hydrogen-bond acceptors (Lipinski definition) is 3. The second kappa shape index (κ2) is 5.56. The van der Waals surface area contributed by atoms with E-state index >= 15 is 0 Å². The van der Waals surface area contributed by atoms with Crippen LogP contribution < -0.4 is 0 Å². The fourth-order valence-electron chi connectivity index (χ4n) is 1.03. The lowest BCUT2D eigenvalue weighted by molar-refractivity contribution is 0.890. The van der Waals surface area contributed by atoms with Gasteiger partial charge in [-0.15, -0.1) is 23.4 Å². The average Bonchev–Trinajstić information content (AvgIpc) is 2.12. The van der Waals surface area contributed by atoms with Gasteiger partial charge < -0.3 is 0 Å². The normalized spacial score (nSPS) is 12.9. The first-order valence-electron chi connectivity index (χ1n) is 4.66. The molecule has 1 atom stereocenters. The van der Waals surface area contributed by atoms with E-state index in [0.717, 1.165) is 22.8 Å². The molecule has 0 saturated carbocycles. The number of aromatic nitrogens is 2. The molecular formula is C10H15ClN2S. The quantitative estimate of drug-likeness (QED) is 0.587. The molecule has 2 nitrogen and oxygen atoms in total. The van der Waals surface area contributed by atoms with Crippen molar-refractivity contribution in [2.24, 2.45) is 0 Å². The first-order valence-corrected chi connectivity index (χ1v) is 6.07. The van der Waals surface area contributed by atoms with Crippen LogP contribution in [0, 0.1) is 13.8 Å². The van der Waals surface area contributed by atoms with Gasteiger partial charge in [-0.2, -0.15) is 0 Å². The van der Waals surface area contributed by atoms with E-state index in [9.17, 15) is 0 Å². The van der Waals surface area contributed by atoms with Crippen LogP contribution in [0.5, 0.6) is 0 Å². The predicted molar refractivity (Wildman–Crippen MR) is 62.2 cm³/mol. The Morgan fingerprint density at radius 1 is 1.50 bits per heavy atom. The minimum Gasteiger partial charge on any atom is -0.257 e. The molecule has 0 radical (unpaired) electrons. The zero-order valence-electron chi connectivity index (χ0n) is 8.75. The van der Waals surface area contributed by atoms with Crippen LogP contribution in [-0.4, -0.2) is 21.1 Å². The van der Waals surface area contributed by atoms with Crippen LogP contribution in [-0.2, 0) is 0 Å². The lowest BCUT2D eigenvalue weighted by Crippen LogP contribution is -2.00. The number of rotatable bonds is 4. The largest absolute Gasteiger partial charge is 0.257 e. The smallest absolute Gasteiger partial charge is 0.118 e. The standard InChI is InChI=1S/C10H15ClN2S/c1-7-6-12-9(3)10(13-7)14-8(2)4-5-11/h6,8H,4-5H2,1-3H3. The van der Waals surface area contributed by atoms with Gasteiger partial charge in [0.15, 0.2) is 0 Å². The molecule has 0 bridgehead atoms. The molecule has 1 aromatic rings. The molecule has 0 spiro atoms. The fraction of sp³-hybridized carbons (Fsp3) is 0.600. The van der Waals surface area contributed by atoms with Gasteiger partial charge in [-0.05, 0) is 20.3 Å². The molecule has 0 aromatic carbocycles. The Labute approximate surface area is 94.5 Å². The second-order valence-corrected chi connectivity index (χ2v) is 5.11. The van der Waals surface area contributed by atoms with Crippen LogP contribution >= 0.6 is 23.4 Å². The minimum atomic E-state index is 0.502. The van der Waals surface area contributed by atoms with Gasteiger partial charge in [-0.1, -0.05) is 6.92 Å². The van der Waals surface area contributed by atoms with Gasteiger partial charge in [0.2, 0.25) is 0 Å². The second-order valence-electron chi connectivity index (χ2n) is 3.31. The number of halogens is 1. The van der Waals surface area contributed by atoms with Gasteiger partial charge in [0.05, 0.1) is 11.4 Å². The summed E-state index contributed by atoms with van der Waals surface area (Å²) >= 11 is 7.44. The molecule has 0 aliphatic heterocycles. The highest BCUT2D eigenvalue weighted by Gasteiger charge is 2.08. The van der Waals surface area contributed by atoms with Crippen LogP contribution in [0.1, 0.15) is 24.7 Å². The first kappa shape index (κ1) is 11.8. The lowest BCUT2D eigenvalue weighted by Gasteiger charge is -2.10. The van der Waals surface area contributed by atoms with Gasteiger partial charge in [0.1, 0.15) is 5.03 Å². The molecule has 0 fully saturated rings. The minimum absolute atomic E-state index is 0.502. The van der Waals surface area contributed by atoms with Crippen LogP contribution in [0.15, 0.2) is 11.2 Å². The zero-order chi connectivity index (χ0) is 10.6. The average molecular weight is 231 g/mol. The Hall–Kier alpha value is -0.280. The number of aryl methyl sites for hydroxylation is 2. The van der Waals surface area contributed by atoms with Gasteiger partial charge >= 0.3 is 0 Å². The van der Waals surface area contributed by atoms with Gasteiger partial charge in [-0.3, -0.25) is 4.98 Å². The van der Waals surface area contributed by atoms with E-state index in [0.29, 0.717) is 11.1 Å². The molecular weight excluding hydrogens is 216 g/mol. The monoisotopic (exact) mass is 230 g/mol. The topological polar surface area (TPSA) is 25.8 Å². The van der Waals surface area contributed by atoms with E-state index in [1.807, 2.05) is 13.8 Å². The highest BCUT2D eigenvalue weighted by atomic mass is 35.5. The van der Waals surface area contributed by atoms with E-state index < -0.39 is 0 Å². The highest BCUT2D eigenvalue weighted by Crippen LogP contribution is 2.25. The van der Waals surface area contributed by atoms with Crippen molar-refractivity contribution in [2.75, 3.05) is 5.88 Å². The number of thioether (sulfide) groups is 1. The number of alkyl halides is 1. The van der Waals surface area contributed by atoms with Crippen LogP contribution in [0.2, 0.25) is 0 Å². The fourth-order valence-corrected chi connectivity index (χ4v) is 2.52. The van der Waals surface area contributed by atoms with Gasteiger partial charge in [0.25, 0.3) is 0 Å². The Morgan fingerprint density at radius 2 is 2.21 bits per heavy atom. The summed E-state index contributed by atoms with van der Waals surface area (Å²) in [5.74, 6) is 0.701. The van der Waals surface area contributed by atoms with Crippen molar-refractivity contribution in [1.29, 1.82) is 0 Å². The molecule has 1 aromatic heterocycles. The Balaban J connectivity index is 2.70. The predicted octanol–water partition coefficient (Wildman–Crippen LogP) is 3.20. The Morgan fingerprint density at radius 3 is 2.86 bits per heavy atom. The number of nitrogens with zero attached hydrogens (tertiary/aromatic N) is 2. The summed E-state index contributed by atoms with van der Waals surface area (Å²) in [6.07, 6.45) is 2.80. The zero-order valence-corrected chi connectivity index (χ0v) is 10.3. The van der Waals surface area contributed by atoms with Crippen molar-refractivity contribution in [3.63, 3.8) is 0 Å². The van der Waals surface area contributed by atoms with Crippen molar-refractivity contribution in [1.82, 2.24) is 9.97 Å². The molecule has 1 unspecified atom stereocenters. The van der Waals surface area contributed by atoms with Crippen molar-refractivity contribution in [2.45, 2.75) is 37.5 Å². The summed E-state index contributed by atoms with van der Waals surface area (Å²) in [6.45, 7) is 6.11. The maximum atomic E-state index is 5.68. The molecule has 4 heteroatoms. The third-order valence-electron chi connectivity index (χ3n) is 1.86. The van der Waals surface area contributed by atoms with E-state index in [-0.39, 0.29) is 0 Å². The maximum Gasteiger partial charge on any atom is 0.118 e. The summed E-state index contributed by atoms with van der Waals surface area (Å²) in [6, 6.07) is 0. The molecule has 0 N–H and O–H groups in total. The summed E-state index contributed by atoms with van der Waals surface area (Å²) in [5, 5.41) is 1.53. The van der Waals surface area contributed by atoms with Crippen molar-refractivity contribution in [3.05, 3.63) is 17.6 Å². The molecule has 1 heterocycles. The molecule has 1 rings (SSSR count). The maximum absolute atomic E-state index is 5.68. The van der Waals surface area contributed by atoms with E-state index in [2.05, 4.69) is 16.9 Å². The molecule has 0 saturated heterocycles. The molecule has 14 heavy (non-hydrogen) atoms. The lowest BCUT2D eigenvalue weighted by atomic mass is 10.4. The van der Waals surface area contributed by atoms with Gasteiger partial charge in [0, 0.05) is 17.3 Å². The number of hydrogen-bond donors (Lipinski definition) is 0.